The maximum atomic E-state index is 12.1. The van der Waals surface area contributed by atoms with Crippen molar-refractivity contribution in [3.05, 3.63) is 23.2 Å². The van der Waals surface area contributed by atoms with Gasteiger partial charge in [-0.1, -0.05) is 30.9 Å². The lowest BCUT2D eigenvalue weighted by atomic mass is 9.82. The van der Waals surface area contributed by atoms with Gasteiger partial charge in [0.1, 0.15) is 0 Å². The van der Waals surface area contributed by atoms with Crippen molar-refractivity contribution in [1.29, 1.82) is 0 Å². The number of aliphatic hydroxyl groups is 1. The highest BCUT2D eigenvalue weighted by Gasteiger charge is 2.31. The first-order chi connectivity index (χ1) is 10.4. The van der Waals surface area contributed by atoms with Crippen LogP contribution >= 0.6 is 11.6 Å². The van der Waals surface area contributed by atoms with Gasteiger partial charge in [-0.05, 0) is 31.0 Å². The zero-order valence-electron chi connectivity index (χ0n) is 12.6. The molecule has 1 aliphatic carbocycles. The molecule has 0 atom stereocenters. The van der Waals surface area contributed by atoms with Crippen LogP contribution in [-0.2, 0) is 9.59 Å². The number of nitrogens with one attached hydrogen (secondary N) is 2. The molecule has 0 spiro atoms. The van der Waals surface area contributed by atoms with Crippen LogP contribution in [0.25, 0.3) is 0 Å². The van der Waals surface area contributed by atoms with E-state index in [0.29, 0.717) is 29.2 Å². The van der Waals surface area contributed by atoms with E-state index < -0.39 is 5.60 Å². The van der Waals surface area contributed by atoms with E-state index in [9.17, 15) is 14.7 Å². The summed E-state index contributed by atoms with van der Waals surface area (Å²) >= 11 is 6.11. The summed E-state index contributed by atoms with van der Waals surface area (Å²) in [6.45, 7) is 1.41. The van der Waals surface area contributed by atoms with Crippen molar-refractivity contribution in [3.8, 4) is 0 Å². The van der Waals surface area contributed by atoms with Gasteiger partial charge >= 0.3 is 0 Å². The Balaban J connectivity index is 1.97. The lowest BCUT2D eigenvalue weighted by Crippen LogP contribution is -2.35. The van der Waals surface area contributed by atoms with Crippen molar-refractivity contribution in [2.45, 2.75) is 51.0 Å². The van der Waals surface area contributed by atoms with Crippen LogP contribution in [-0.4, -0.2) is 22.5 Å². The Hall–Kier alpha value is -1.59. The molecule has 2 rings (SSSR count). The van der Waals surface area contributed by atoms with Crippen molar-refractivity contribution < 1.29 is 14.7 Å². The quantitative estimate of drug-likeness (QED) is 0.795. The van der Waals surface area contributed by atoms with Gasteiger partial charge in [-0.15, -0.1) is 0 Å². The monoisotopic (exact) mass is 324 g/mol. The summed E-state index contributed by atoms with van der Waals surface area (Å²) in [6.07, 6.45) is 4.42. The molecule has 22 heavy (non-hydrogen) atoms. The van der Waals surface area contributed by atoms with Gasteiger partial charge in [-0.25, -0.2) is 0 Å². The van der Waals surface area contributed by atoms with Crippen molar-refractivity contribution >= 4 is 34.8 Å². The first-order valence-corrected chi connectivity index (χ1v) is 7.85. The van der Waals surface area contributed by atoms with Crippen LogP contribution in [0.1, 0.15) is 45.4 Å². The van der Waals surface area contributed by atoms with Gasteiger partial charge in [0.25, 0.3) is 0 Å². The van der Waals surface area contributed by atoms with Gasteiger partial charge < -0.3 is 15.7 Å². The summed E-state index contributed by atoms with van der Waals surface area (Å²) in [5, 5.41) is 16.1. The van der Waals surface area contributed by atoms with Crippen LogP contribution in [0.3, 0.4) is 0 Å². The van der Waals surface area contributed by atoms with Crippen molar-refractivity contribution in [2.75, 3.05) is 10.6 Å². The van der Waals surface area contributed by atoms with Crippen LogP contribution in [0.2, 0.25) is 5.02 Å². The van der Waals surface area contributed by atoms with E-state index in [0.717, 1.165) is 19.3 Å². The summed E-state index contributed by atoms with van der Waals surface area (Å²) in [6, 6.07) is 4.88. The molecular weight excluding hydrogens is 304 g/mol. The summed E-state index contributed by atoms with van der Waals surface area (Å²) < 4.78 is 0. The third-order valence-electron chi connectivity index (χ3n) is 3.84. The minimum absolute atomic E-state index is 0.0801. The predicted octanol–water partition coefficient (Wildman–Crippen LogP) is 3.32. The van der Waals surface area contributed by atoms with Gasteiger partial charge in [0.15, 0.2) is 0 Å². The molecule has 1 aromatic carbocycles. The van der Waals surface area contributed by atoms with Gasteiger partial charge in [0.05, 0.1) is 22.7 Å². The minimum Gasteiger partial charge on any atom is -0.389 e. The standard InChI is InChI=1S/C16H21ClN2O3/c1-11(20)18-12-5-6-14(13(17)9-12)19-15(21)10-16(22)7-3-2-4-8-16/h5-6,9,22H,2-4,7-8,10H2,1H3,(H,18,20)(H,19,21). The summed E-state index contributed by atoms with van der Waals surface area (Å²) in [4.78, 5) is 23.1. The first-order valence-electron chi connectivity index (χ1n) is 7.47. The minimum atomic E-state index is -0.898. The largest absolute Gasteiger partial charge is 0.389 e. The molecule has 6 heteroatoms. The predicted molar refractivity (Wildman–Crippen MR) is 87.0 cm³/mol. The average Bonchev–Trinajstić information content (AvgIpc) is 2.41. The molecule has 1 saturated carbocycles. The SMILES string of the molecule is CC(=O)Nc1ccc(NC(=O)CC2(O)CCCCC2)c(Cl)c1. The highest BCUT2D eigenvalue weighted by molar-refractivity contribution is 6.34. The lowest BCUT2D eigenvalue weighted by molar-refractivity contribution is -0.122. The zero-order chi connectivity index (χ0) is 16.2. The molecule has 2 amide bonds. The maximum Gasteiger partial charge on any atom is 0.227 e. The van der Waals surface area contributed by atoms with Crippen LogP contribution in [0.4, 0.5) is 11.4 Å². The topological polar surface area (TPSA) is 78.4 Å². The van der Waals surface area contributed by atoms with Crippen LogP contribution in [0.5, 0.6) is 0 Å². The van der Waals surface area contributed by atoms with E-state index in [1.165, 1.54) is 6.92 Å². The Morgan fingerprint density at radius 3 is 2.50 bits per heavy atom. The van der Waals surface area contributed by atoms with Crippen LogP contribution < -0.4 is 10.6 Å². The highest BCUT2D eigenvalue weighted by Crippen LogP contribution is 2.32. The molecule has 1 aromatic rings. The smallest absolute Gasteiger partial charge is 0.227 e. The molecule has 0 radical (unpaired) electrons. The van der Waals surface area contributed by atoms with Crippen molar-refractivity contribution in [1.82, 2.24) is 0 Å². The number of carbonyl (C=O) groups excluding carboxylic acids is 2. The Morgan fingerprint density at radius 1 is 1.23 bits per heavy atom. The summed E-state index contributed by atoms with van der Waals surface area (Å²) in [5.74, 6) is -0.439. The van der Waals surface area contributed by atoms with E-state index in [4.69, 9.17) is 11.6 Å². The highest BCUT2D eigenvalue weighted by atomic mass is 35.5. The van der Waals surface area contributed by atoms with E-state index >= 15 is 0 Å². The number of carbonyl (C=O) groups is 2. The van der Waals surface area contributed by atoms with Crippen LogP contribution in [0, 0.1) is 0 Å². The van der Waals surface area contributed by atoms with E-state index in [2.05, 4.69) is 10.6 Å². The third-order valence-corrected chi connectivity index (χ3v) is 4.15. The van der Waals surface area contributed by atoms with Gasteiger partial charge in [0.2, 0.25) is 11.8 Å². The molecule has 0 bridgehead atoms. The zero-order valence-corrected chi connectivity index (χ0v) is 13.4. The molecule has 120 valence electrons. The second-order valence-electron chi connectivity index (χ2n) is 5.89. The molecule has 3 N–H and O–H groups in total. The fourth-order valence-corrected chi connectivity index (χ4v) is 3.01. The number of hydrogen-bond donors (Lipinski definition) is 3. The second kappa shape index (κ2) is 7.11. The van der Waals surface area contributed by atoms with E-state index in [1.54, 1.807) is 18.2 Å². The normalized spacial score (nSPS) is 16.9. The van der Waals surface area contributed by atoms with E-state index in [-0.39, 0.29) is 18.2 Å². The lowest BCUT2D eigenvalue weighted by Gasteiger charge is -2.31. The molecule has 0 unspecified atom stereocenters. The summed E-state index contributed by atoms with van der Waals surface area (Å²) in [7, 11) is 0. The number of benzene rings is 1. The number of rotatable bonds is 4. The Kier molecular flexibility index (Phi) is 5.42. The molecule has 0 saturated heterocycles. The van der Waals surface area contributed by atoms with Crippen molar-refractivity contribution in [2.24, 2.45) is 0 Å². The van der Waals surface area contributed by atoms with Gasteiger partial charge in [-0.2, -0.15) is 0 Å². The number of hydrogen-bond acceptors (Lipinski definition) is 3. The van der Waals surface area contributed by atoms with Crippen LogP contribution in [0.15, 0.2) is 18.2 Å². The fraction of sp³-hybridized carbons (Fsp3) is 0.500. The molecule has 0 aliphatic heterocycles. The summed E-state index contributed by atoms with van der Waals surface area (Å²) in [5.41, 5.74) is 0.145. The number of anilines is 2. The maximum absolute atomic E-state index is 12.1. The number of halogens is 1. The Bertz CT molecular complexity index is 569. The molecule has 5 nitrogen and oxygen atoms in total. The van der Waals surface area contributed by atoms with Gasteiger partial charge in [0, 0.05) is 12.6 Å². The second-order valence-corrected chi connectivity index (χ2v) is 6.29. The van der Waals surface area contributed by atoms with E-state index in [1.807, 2.05) is 0 Å². The van der Waals surface area contributed by atoms with Crippen molar-refractivity contribution in [3.63, 3.8) is 0 Å². The number of amides is 2. The fourth-order valence-electron chi connectivity index (χ4n) is 2.78. The average molecular weight is 325 g/mol. The molecule has 0 heterocycles. The molecule has 0 aromatic heterocycles. The Labute approximate surface area is 135 Å². The first kappa shape index (κ1) is 16.8. The third kappa shape index (κ3) is 4.71. The molecule has 1 fully saturated rings. The van der Waals surface area contributed by atoms with Gasteiger partial charge in [-0.3, -0.25) is 9.59 Å². The molecule has 1 aliphatic rings. The Morgan fingerprint density at radius 2 is 1.91 bits per heavy atom. The molecular formula is C16H21ClN2O3.